The molecule has 3 aromatic rings. The van der Waals surface area contributed by atoms with Crippen LogP contribution in [0.25, 0.3) is 10.8 Å². The molecule has 0 bridgehead atoms. The first-order valence-electron chi connectivity index (χ1n) is 6.74. The number of hydrogen-bond acceptors (Lipinski definition) is 3. The second-order valence-electron chi connectivity index (χ2n) is 4.73. The molecule has 0 amide bonds. The van der Waals surface area contributed by atoms with Crippen LogP contribution in [0.4, 0.5) is 0 Å². The van der Waals surface area contributed by atoms with Gasteiger partial charge in [0.05, 0.1) is 11.1 Å². The van der Waals surface area contributed by atoms with Gasteiger partial charge in [0.25, 0.3) is 10.0 Å². The van der Waals surface area contributed by atoms with Gasteiger partial charge in [-0.05, 0) is 22.9 Å². The van der Waals surface area contributed by atoms with Gasteiger partial charge in [0.1, 0.15) is 0 Å². The summed E-state index contributed by atoms with van der Waals surface area (Å²) in [6.45, 7) is 0. The van der Waals surface area contributed by atoms with Gasteiger partial charge in [-0.3, -0.25) is 0 Å². The van der Waals surface area contributed by atoms with Crippen LogP contribution in [0.15, 0.2) is 82.8 Å². The van der Waals surface area contributed by atoms with E-state index in [1.807, 2.05) is 42.5 Å². The molecular formula is C17H14N2O2S. The first-order valence-corrected chi connectivity index (χ1v) is 8.23. The van der Waals surface area contributed by atoms with Crippen LogP contribution in [0.3, 0.4) is 0 Å². The first-order chi connectivity index (χ1) is 10.7. The molecule has 22 heavy (non-hydrogen) atoms. The van der Waals surface area contributed by atoms with E-state index in [1.165, 1.54) is 18.3 Å². The number of nitrogens with one attached hydrogen (secondary N) is 1. The minimum Gasteiger partial charge on any atom is -0.200 e. The van der Waals surface area contributed by atoms with Crippen molar-refractivity contribution in [2.75, 3.05) is 0 Å². The molecule has 3 rings (SSSR count). The number of fused-ring (bicyclic) bond motifs is 1. The number of rotatable bonds is 4. The van der Waals surface area contributed by atoms with Gasteiger partial charge in [-0.25, -0.2) is 4.83 Å². The Morgan fingerprint density at radius 3 is 2.32 bits per heavy atom. The van der Waals surface area contributed by atoms with Gasteiger partial charge < -0.3 is 0 Å². The minimum atomic E-state index is -3.63. The van der Waals surface area contributed by atoms with E-state index >= 15 is 0 Å². The molecule has 0 aliphatic heterocycles. The largest absolute Gasteiger partial charge is 0.276 e. The molecule has 1 N–H and O–H groups in total. The van der Waals surface area contributed by atoms with E-state index in [0.29, 0.717) is 0 Å². The maximum Gasteiger partial charge on any atom is 0.276 e. The highest BCUT2D eigenvalue weighted by Gasteiger charge is 2.11. The smallest absolute Gasteiger partial charge is 0.200 e. The molecule has 110 valence electrons. The van der Waals surface area contributed by atoms with Crippen molar-refractivity contribution in [3.05, 3.63) is 78.4 Å². The van der Waals surface area contributed by atoms with Crippen molar-refractivity contribution in [2.24, 2.45) is 5.10 Å². The maximum atomic E-state index is 12.1. The first kappa shape index (κ1) is 14.3. The lowest BCUT2D eigenvalue weighted by Gasteiger charge is -2.03. The number of hydrogen-bond donors (Lipinski definition) is 1. The monoisotopic (exact) mass is 310 g/mol. The van der Waals surface area contributed by atoms with Crippen LogP contribution >= 0.6 is 0 Å². The summed E-state index contributed by atoms with van der Waals surface area (Å²) < 4.78 is 24.1. The third kappa shape index (κ3) is 2.99. The van der Waals surface area contributed by atoms with E-state index < -0.39 is 10.0 Å². The Hall–Kier alpha value is -2.66. The summed E-state index contributed by atoms with van der Waals surface area (Å²) >= 11 is 0. The average Bonchev–Trinajstić information content (AvgIpc) is 2.56. The average molecular weight is 310 g/mol. The fourth-order valence-electron chi connectivity index (χ4n) is 2.18. The molecule has 5 heteroatoms. The SMILES string of the molecule is O=S(=O)(NN=Cc1cccc2ccccc12)c1ccccc1. The predicted octanol–water partition coefficient (Wildman–Crippen LogP) is 3.15. The lowest BCUT2D eigenvalue weighted by molar-refractivity contribution is 0.584. The molecule has 0 heterocycles. The quantitative estimate of drug-likeness (QED) is 0.594. The highest BCUT2D eigenvalue weighted by atomic mass is 32.2. The Morgan fingerprint density at radius 2 is 1.50 bits per heavy atom. The van der Waals surface area contributed by atoms with Crippen molar-refractivity contribution in [2.45, 2.75) is 4.90 Å². The molecule has 0 fully saturated rings. The fourth-order valence-corrected chi connectivity index (χ4v) is 2.99. The number of hydrazone groups is 1. The number of sulfonamides is 1. The van der Waals surface area contributed by atoms with Gasteiger partial charge in [0, 0.05) is 5.56 Å². The number of benzene rings is 3. The summed E-state index contributed by atoms with van der Waals surface area (Å²) in [7, 11) is -3.63. The summed E-state index contributed by atoms with van der Waals surface area (Å²) in [6.07, 6.45) is 1.52. The molecule has 0 aliphatic rings. The van der Waals surface area contributed by atoms with Crippen LogP contribution in [-0.2, 0) is 10.0 Å². The van der Waals surface area contributed by atoms with Gasteiger partial charge in [0.2, 0.25) is 0 Å². The van der Waals surface area contributed by atoms with Crippen LogP contribution in [0, 0.1) is 0 Å². The summed E-state index contributed by atoms with van der Waals surface area (Å²) in [4.78, 5) is 2.42. The highest BCUT2D eigenvalue weighted by molar-refractivity contribution is 7.89. The third-order valence-electron chi connectivity index (χ3n) is 3.25. The van der Waals surface area contributed by atoms with Gasteiger partial charge in [-0.1, -0.05) is 60.7 Å². The zero-order chi connectivity index (χ0) is 15.4. The van der Waals surface area contributed by atoms with E-state index in [2.05, 4.69) is 9.93 Å². The van der Waals surface area contributed by atoms with E-state index in [1.54, 1.807) is 18.2 Å². The Kier molecular flexibility index (Phi) is 3.89. The van der Waals surface area contributed by atoms with Crippen LogP contribution in [0.2, 0.25) is 0 Å². The second kappa shape index (κ2) is 5.99. The molecule has 0 radical (unpaired) electrons. The van der Waals surface area contributed by atoms with E-state index in [4.69, 9.17) is 0 Å². The van der Waals surface area contributed by atoms with Crippen LogP contribution in [0.5, 0.6) is 0 Å². The van der Waals surface area contributed by atoms with Crippen molar-refractivity contribution in [1.82, 2.24) is 4.83 Å². The molecule has 4 nitrogen and oxygen atoms in total. The summed E-state index contributed by atoms with van der Waals surface area (Å²) in [6, 6.07) is 21.8. The highest BCUT2D eigenvalue weighted by Crippen LogP contribution is 2.16. The molecule has 0 saturated carbocycles. The molecule has 0 atom stereocenters. The standard InChI is InChI=1S/C17H14N2O2S/c20-22(21,16-10-2-1-3-11-16)19-18-13-15-9-6-8-14-7-4-5-12-17(14)15/h1-13,19H. The zero-order valence-electron chi connectivity index (χ0n) is 11.7. The van der Waals surface area contributed by atoms with E-state index in [9.17, 15) is 8.42 Å². The van der Waals surface area contributed by atoms with Crippen molar-refractivity contribution in [1.29, 1.82) is 0 Å². The Labute approximate surface area is 129 Å². The van der Waals surface area contributed by atoms with E-state index in [-0.39, 0.29) is 4.90 Å². The Balaban J connectivity index is 1.85. The predicted molar refractivity (Wildman–Crippen MR) is 88.3 cm³/mol. The lowest BCUT2D eigenvalue weighted by Crippen LogP contribution is -2.18. The van der Waals surface area contributed by atoms with Gasteiger partial charge in [0.15, 0.2) is 0 Å². The third-order valence-corrected chi connectivity index (χ3v) is 4.49. The molecule has 0 unspecified atom stereocenters. The topological polar surface area (TPSA) is 58.5 Å². The molecule has 0 aromatic heterocycles. The summed E-state index contributed by atoms with van der Waals surface area (Å²) in [5.74, 6) is 0. The molecule has 0 saturated heterocycles. The minimum absolute atomic E-state index is 0.185. The van der Waals surface area contributed by atoms with Gasteiger partial charge >= 0.3 is 0 Å². The maximum absolute atomic E-state index is 12.1. The lowest BCUT2D eigenvalue weighted by atomic mass is 10.1. The Bertz CT molecular complexity index is 914. The van der Waals surface area contributed by atoms with E-state index in [0.717, 1.165) is 16.3 Å². The van der Waals surface area contributed by atoms with Crippen LogP contribution < -0.4 is 4.83 Å². The van der Waals surface area contributed by atoms with Crippen molar-refractivity contribution < 1.29 is 8.42 Å². The molecule has 3 aromatic carbocycles. The molecular weight excluding hydrogens is 296 g/mol. The molecule has 0 spiro atoms. The van der Waals surface area contributed by atoms with Crippen molar-refractivity contribution in [3.8, 4) is 0 Å². The zero-order valence-corrected chi connectivity index (χ0v) is 12.5. The van der Waals surface area contributed by atoms with Crippen molar-refractivity contribution >= 4 is 27.0 Å². The number of nitrogens with zero attached hydrogens (tertiary/aromatic N) is 1. The summed E-state index contributed by atoms with van der Waals surface area (Å²) in [5, 5.41) is 5.98. The van der Waals surface area contributed by atoms with Crippen LogP contribution in [0.1, 0.15) is 5.56 Å². The second-order valence-corrected chi connectivity index (χ2v) is 6.40. The molecule has 0 aliphatic carbocycles. The van der Waals surface area contributed by atoms with Gasteiger partial charge in [-0.2, -0.15) is 13.5 Å². The van der Waals surface area contributed by atoms with Crippen LogP contribution in [-0.4, -0.2) is 14.6 Å². The van der Waals surface area contributed by atoms with Crippen molar-refractivity contribution in [3.63, 3.8) is 0 Å². The van der Waals surface area contributed by atoms with Gasteiger partial charge in [-0.15, -0.1) is 0 Å². The normalized spacial score (nSPS) is 11.8. The fraction of sp³-hybridized carbons (Fsp3) is 0. The summed E-state index contributed by atoms with van der Waals surface area (Å²) in [5.41, 5.74) is 0.855. The Morgan fingerprint density at radius 1 is 0.818 bits per heavy atom.